The van der Waals surface area contributed by atoms with Crippen molar-refractivity contribution in [3.63, 3.8) is 0 Å². The van der Waals surface area contributed by atoms with Gasteiger partial charge in [-0.05, 0) is 49.2 Å². The van der Waals surface area contributed by atoms with Crippen LogP contribution in [0.5, 0.6) is 11.5 Å². The highest BCUT2D eigenvalue weighted by molar-refractivity contribution is 5.87. The molecule has 2 atom stereocenters. The Balaban J connectivity index is 1.88. The van der Waals surface area contributed by atoms with E-state index in [9.17, 15) is 19.8 Å². The normalized spacial score (nSPS) is 12.7. The highest BCUT2D eigenvalue weighted by Crippen LogP contribution is 2.33. The molecule has 8 nitrogen and oxygen atoms in total. The van der Waals surface area contributed by atoms with Crippen LogP contribution in [0.2, 0.25) is 0 Å². The van der Waals surface area contributed by atoms with E-state index in [4.69, 9.17) is 18.9 Å². The van der Waals surface area contributed by atoms with E-state index in [1.54, 1.807) is 0 Å². The van der Waals surface area contributed by atoms with Crippen LogP contribution in [0.1, 0.15) is 38.8 Å². The first-order valence-electron chi connectivity index (χ1n) is 11.9. The van der Waals surface area contributed by atoms with Crippen molar-refractivity contribution >= 4 is 11.9 Å². The molecule has 0 radical (unpaired) electrons. The van der Waals surface area contributed by atoms with E-state index >= 15 is 0 Å². The fourth-order valence-corrected chi connectivity index (χ4v) is 3.17. The summed E-state index contributed by atoms with van der Waals surface area (Å²) in [5.41, 5.74) is 2.33. The summed E-state index contributed by atoms with van der Waals surface area (Å²) in [5, 5.41) is 19.9. The summed E-state index contributed by atoms with van der Waals surface area (Å²) in [6, 6.07) is 15.1. The Kier molecular flexibility index (Phi) is 10.9. The number of rotatable bonds is 14. The molecule has 2 rings (SSSR count). The van der Waals surface area contributed by atoms with Crippen molar-refractivity contribution in [3.05, 3.63) is 84.0 Å². The van der Waals surface area contributed by atoms with Gasteiger partial charge in [0.1, 0.15) is 50.1 Å². The molecular weight excluding hydrogens is 476 g/mol. The monoisotopic (exact) mass is 512 g/mol. The molecule has 8 heteroatoms. The van der Waals surface area contributed by atoms with E-state index < -0.39 is 24.1 Å². The third-order valence-corrected chi connectivity index (χ3v) is 5.55. The molecule has 0 unspecified atom stereocenters. The van der Waals surface area contributed by atoms with Gasteiger partial charge in [-0.25, -0.2) is 9.59 Å². The van der Waals surface area contributed by atoms with Gasteiger partial charge in [-0.3, -0.25) is 0 Å². The predicted molar refractivity (Wildman–Crippen MR) is 140 cm³/mol. The largest absolute Gasteiger partial charge is 0.491 e. The lowest BCUT2D eigenvalue weighted by atomic mass is 9.78. The lowest BCUT2D eigenvalue weighted by Gasteiger charge is -2.26. The van der Waals surface area contributed by atoms with Crippen molar-refractivity contribution in [3.8, 4) is 11.5 Å². The molecule has 0 aromatic heterocycles. The first kappa shape index (κ1) is 29.6. The zero-order valence-electron chi connectivity index (χ0n) is 21.9. The van der Waals surface area contributed by atoms with Crippen LogP contribution < -0.4 is 9.47 Å². The van der Waals surface area contributed by atoms with Crippen LogP contribution in [0, 0.1) is 0 Å². The average Bonchev–Trinajstić information content (AvgIpc) is 2.88. The van der Waals surface area contributed by atoms with E-state index in [0.29, 0.717) is 11.5 Å². The van der Waals surface area contributed by atoms with Crippen molar-refractivity contribution < 1.29 is 38.7 Å². The Labute approximate surface area is 218 Å². The molecule has 0 aliphatic heterocycles. The van der Waals surface area contributed by atoms with E-state index in [2.05, 4.69) is 27.0 Å². The zero-order valence-corrected chi connectivity index (χ0v) is 21.9. The summed E-state index contributed by atoms with van der Waals surface area (Å²) >= 11 is 0. The van der Waals surface area contributed by atoms with Crippen molar-refractivity contribution in [2.24, 2.45) is 0 Å². The van der Waals surface area contributed by atoms with Crippen LogP contribution in [0.15, 0.2) is 72.8 Å². The molecule has 0 amide bonds. The van der Waals surface area contributed by atoms with Gasteiger partial charge in [-0.1, -0.05) is 51.3 Å². The summed E-state index contributed by atoms with van der Waals surface area (Å²) < 4.78 is 21.0. The van der Waals surface area contributed by atoms with E-state index in [1.165, 1.54) is 13.8 Å². The maximum atomic E-state index is 11.4. The van der Waals surface area contributed by atoms with Gasteiger partial charge in [0.25, 0.3) is 0 Å². The Morgan fingerprint density at radius 1 is 0.703 bits per heavy atom. The Morgan fingerprint density at radius 3 is 1.32 bits per heavy atom. The number of benzene rings is 2. The minimum Gasteiger partial charge on any atom is -0.491 e. The van der Waals surface area contributed by atoms with Crippen LogP contribution in [-0.4, -0.2) is 60.8 Å². The number of esters is 2. The summed E-state index contributed by atoms with van der Waals surface area (Å²) in [5.74, 6) is 0.0657. The van der Waals surface area contributed by atoms with Gasteiger partial charge in [0.2, 0.25) is 0 Å². The molecule has 0 aliphatic carbocycles. The topological polar surface area (TPSA) is 112 Å². The van der Waals surface area contributed by atoms with E-state index in [1.807, 2.05) is 48.5 Å². The van der Waals surface area contributed by atoms with Gasteiger partial charge in [0.05, 0.1) is 0 Å². The molecule has 2 aromatic rings. The summed E-state index contributed by atoms with van der Waals surface area (Å²) in [4.78, 5) is 22.8. The number of aliphatic hydroxyl groups excluding tert-OH is 2. The van der Waals surface area contributed by atoms with Gasteiger partial charge < -0.3 is 29.2 Å². The van der Waals surface area contributed by atoms with Gasteiger partial charge in [0, 0.05) is 16.6 Å². The highest BCUT2D eigenvalue weighted by atomic mass is 16.6. The molecule has 0 saturated heterocycles. The van der Waals surface area contributed by atoms with Gasteiger partial charge in [-0.2, -0.15) is 0 Å². The molecule has 0 bridgehead atoms. The third-order valence-electron chi connectivity index (χ3n) is 5.55. The van der Waals surface area contributed by atoms with Gasteiger partial charge in [0.15, 0.2) is 0 Å². The zero-order chi connectivity index (χ0) is 27.6. The standard InChI is InChI=1S/C29H36O8/c1-19(2)27(32)36-17-23(30)15-34-25-11-7-21(8-12-25)29(5,6)22-9-13-26(14-10-22)35-16-24(31)18-37-28(33)20(3)4/h7-14,23-24,30-31H,1,3,15-18H2,2,4-6H3/t23-,24+. The maximum absolute atomic E-state index is 11.4. The molecule has 0 spiro atoms. The predicted octanol–water partition coefficient (Wildman–Crippen LogP) is 3.73. The third kappa shape index (κ3) is 9.40. The molecule has 2 N–H and O–H groups in total. The van der Waals surface area contributed by atoms with Crippen LogP contribution in [0.3, 0.4) is 0 Å². The molecule has 37 heavy (non-hydrogen) atoms. The fourth-order valence-electron chi connectivity index (χ4n) is 3.17. The molecule has 0 aliphatic rings. The van der Waals surface area contributed by atoms with Crippen LogP contribution >= 0.6 is 0 Å². The Hall–Kier alpha value is -3.62. The average molecular weight is 513 g/mol. The lowest BCUT2D eigenvalue weighted by Crippen LogP contribution is -2.25. The second-order valence-corrected chi connectivity index (χ2v) is 9.36. The number of ether oxygens (including phenoxy) is 4. The van der Waals surface area contributed by atoms with Gasteiger partial charge in [-0.15, -0.1) is 0 Å². The van der Waals surface area contributed by atoms with Crippen molar-refractivity contribution in [2.75, 3.05) is 26.4 Å². The molecule has 0 heterocycles. The fraction of sp³-hybridized carbons (Fsp3) is 0.379. The van der Waals surface area contributed by atoms with Crippen molar-refractivity contribution in [2.45, 2.75) is 45.3 Å². The maximum Gasteiger partial charge on any atom is 0.333 e. The first-order chi connectivity index (χ1) is 17.4. The lowest BCUT2D eigenvalue weighted by molar-refractivity contribution is -0.143. The number of aliphatic hydroxyl groups is 2. The van der Waals surface area contributed by atoms with Crippen LogP contribution in [-0.2, 0) is 24.5 Å². The number of hydrogen-bond acceptors (Lipinski definition) is 8. The SMILES string of the molecule is C=C(C)C(=O)OC[C@@H](O)COc1ccc(C(C)(C)c2ccc(OC[C@@H](O)COC(=O)C(=C)C)cc2)cc1. The second kappa shape index (κ2) is 13.6. The molecule has 200 valence electrons. The van der Waals surface area contributed by atoms with Crippen LogP contribution in [0.4, 0.5) is 0 Å². The highest BCUT2D eigenvalue weighted by Gasteiger charge is 2.23. The number of carbonyl (C=O) groups excluding carboxylic acids is 2. The number of carbonyl (C=O) groups is 2. The molecular formula is C29H36O8. The minimum absolute atomic E-state index is 0.0152. The van der Waals surface area contributed by atoms with Crippen molar-refractivity contribution in [1.82, 2.24) is 0 Å². The number of hydrogen-bond donors (Lipinski definition) is 2. The van der Waals surface area contributed by atoms with Gasteiger partial charge >= 0.3 is 11.9 Å². The molecule has 2 aromatic carbocycles. The molecule has 0 saturated carbocycles. The minimum atomic E-state index is -0.951. The van der Waals surface area contributed by atoms with Crippen LogP contribution in [0.25, 0.3) is 0 Å². The summed E-state index contributed by atoms with van der Waals surface area (Å²) in [6.45, 7) is 13.9. The van der Waals surface area contributed by atoms with E-state index in [-0.39, 0.29) is 43.0 Å². The molecule has 0 fully saturated rings. The van der Waals surface area contributed by atoms with Crippen molar-refractivity contribution in [1.29, 1.82) is 0 Å². The summed E-state index contributed by atoms with van der Waals surface area (Å²) in [6.07, 6.45) is -1.90. The quantitative estimate of drug-likeness (QED) is 0.291. The van der Waals surface area contributed by atoms with E-state index in [0.717, 1.165) is 11.1 Å². The smallest absolute Gasteiger partial charge is 0.333 e. The summed E-state index contributed by atoms with van der Waals surface area (Å²) in [7, 11) is 0. The Morgan fingerprint density at radius 2 is 1.03 bits per heavy atom. The second-order valence-electron chi connectivity index (χ2n) is 9.36. The Bertz CT molecular complexity index is 985. The first-order valence-corrected chi connectivity index (χ1v) is 11.9.